The van der Waals surface area contributed by atoms with Crippen LogP contribution in [0.5, 0.6) is 0 Å². The maximum absolute atomic E-state index is 12.4. The standard InChI is InChI=1S/C11H18N2O3S/c1-8-4-5-10(16-8)17(14,15)13-7-9(12)6-11(13,2)3/h4-5,9H,6-7,12H2,1-3H3. The average Bonchev–Trinajstić information content (AvgIpc) is 2.70. The monoisotopic (exact) mass is 258 g/mol. The SMILES string of the molecule is Cc1ccc(S(=O)(=O)N2CC(N)CC2(C)C)o1. The normalized spacial score (nSPS) is 25.3. The van der Waals surface area contributed by atoms with E-state index in [1.54, 1.807) is 13.0 Å². The number of nitrogens with two attached hydrogens (primary N) is 1. The summed E-state index contributed by atoms with van der Waals surface area (Å²) in [5, 5.41) is -0.00262. The van der Waals surface area contributed by atoms with E-state index in [4.69, 9.17) is 10.2 Å². The molecule has 1 aromatic rings. The van der Waals surface area contributed by atoms with Crippen LogP contribution in [0.4, 0.5) is 0 Å². The van der Waals surface area contributed by atoms with Crippen molar-refractivity contribution in [3.63, 3.8) is 0 Å². The molecule has 1 aliphatic heterocycles. The van der Waals surface area contributed by atoms with Gasteiger partial charge in [0, 0.05) is 18.1 Å². The fraction of sp³-hybridized carbons (Fsp3) is 0.636. The van der Waals surface area contributed by atoms with Gasteiger partial charge in [0.15, 0.2) is 0 Å². The number of hydrogen-bond donors (Lipinski definition) is 1. The van der Waals surface area contributed by atoms with Gasteiger partial charge in [0.05, 0.1) is 0 Å². The Labute approximate surface area is 102 Å². The van der Waals surface area contributed by atoms with Crippen LogP contribution in [0.2, 0.25) is 0 Å². The molecular formula is C11H18N2O3S. The zero-order valence-corrected chi connectivity index (χ0v) is 11.1. The molecule has 0 radical (unpaired) electrons. The fourth-order valence-electron chi connectivity index (χ4n) is 2.35. The molecule has 2 N–H and O–H groups in total. The first-order valence-electron chi connectivity index (χ1n) is 5.58. The first-order chi connectivity index (χ1) is 7.73. The van der Waals surface area contributed by atoms with Crippen LogP contribution < -0.4 is 5.73 Å². The Hall–Kier alpha value is -0.850. The largest absolute Gasteiger partial charge is 0.449 e. The second-order valence-corrected chi connectivity index (χ2v) is 6.97. The molecule has 0 amide bonds. The first kappa shape index (κ1) is 12.6. The zero-order valence-electron chi connectivity index (χ0n) is 10.3. The van der Waals surface area contributed by atoms with Gasteiger partial charge < -0.3 is 10.2 Å². The molecule has 1 aromatic heterocycles. The van der Waals surface area contributed by atoms with Gasteiger partial charge in [-0.05, 0) is 39.3 Å². The lowest BCUT2D eigenvalue weighted by atomic mass is 10.0. The molecule has 17 heavy (non-hydrogen) atoms. The third-order valence-electron chi connectivity index (χ3n) is 3.10. The summed E-state index contributed by atoms with van der Waals surface area (Å²) < 4.78 is 31.4. The third kappa shape index (κ3) is 2.12. The van der Waals surface area contributed by atoms with Crippen molar-refractivity contribution >= 4 is 10.0 Å². The molecule has 2 heterocycles. The third-order valence-corrected chi connectivity index (χ3v) is 5.05. The second kappa shape index (κ2) is 3.83. The van der Waals surface area contributed by atoms with Gasteiger partial charge in [-0.25, -0.2) is 8.42 Å². The van der Waals surface area contributed by atoms with Gasteiger partial charge in [0.25, 0.3) is 10.0 Å². The van der Waals surface area contributed by atoms with Crippen molar-refractivity contribution in [1.82, 2.24) is 4.31 Å². The van der Waals surface area contributed by atoms with Crippen LogP contribution in [0.3, 0.4) is 0 Å². The van der Waals surface area contributed by atoms with E-state index < -0.39 is 15.6 Å². The maximum atomic E-state index is 12.4. The van der Waals surface area contributed by atoms with Crippen LogP contribution in [0.15, 0.2) is 21.6 Å². The van der Waals surface area contributed by atoms with Crippen LogP contribution in [-0.4, -0.2) is 30.8 Å². The van der Waals surface area contributed by atoms with Crippen molar-refractivity contribution in [3.05, 3.63) is 17.9 Å². The molecule has 0 saturated carbocycles. The average molecular weight is 258 g/mol. The van der Waals surface area contributed by atoms with Gasteiger partial charge in [-0.3, -0.25) is 0 Å². The molecule has 2 rings (SSSR count). The van der Waals surface area contributed by atoms with E-state index >= 15 is 0 Å². The van der Waals surface area contributed by atoms with Crippen molar-refractivity contribution in [2.75, 3.05) is 6.54 Å². The van der Waals surface area contributed by atoms with Gasteiger partial charge in [0.2, 0.25) is 5.09 Å². The summed E-state index contributed by atoms with van der Waals surface area (Å²) >= 11 is 0. The zero-order chi connectivity index (χ0) is 12.8. The molecule has 1 fully saturated rings. The topological polar surface area (TPSA) is 76.5 Å². The molecule has 96 valence electrons. The Morgan fingerprint density at radius 1 is 1.47 bits per heavy atom. The Bertz CT molecular complexity index is 519. The summed E-state index contributed by atoms with van der Waals surface area (Å²) in [6.07, 6.45) is 0.659. The Balaban J connectivity index is 2.40. The summed E-state index contributed by atoms with van der Waals surface area (Å²) in [7, 11) is -3.57. The van der Waals surface area contributed by atoms with Gasteiger partial charge >= 0.3 is 0 Å². The highest BCUT2D eigenvalue weighted by atomic mass is 32.2. The molecule has 1 aliphatic rings. The van der Waals surface area contributed by atoms with Crippen molar-refractivity contribution < 1.29 is 12.8 Å². The second-order valence-electron chi connectivity index (χ2n) is 5.18. The minimum absolute atomic E-state index is 0.00262. The van der Waals surface area contributed by atoms with Crippen LogP contribution >= 0.6 is 0 Å². The number of sulfonamides is 1. The van der Waals surface area contributed by atoms with Gasteiger partial charge in [0.1, 0.15) is 5.76 Å². The summed E-state index contributed by atoms with van der Waals surface area (Å²) in [6, 6.07) is 3.02. The van der Waals surface area contributed by atoms with Crippen LogP contribution in [0.25, 0.3) is 0 Å². The summed E-state index contributed by atoms with van der Waals surface area (Å²) in [4.78, 5) is 0. The molecule has 1 atom stereocenters. The van der Waals surface area contributed by atoms with Crippen molar-refractivity contribution in [1.29, 1.82) is 0 Å². The molecule has 1 unspecified atom stereocenters. The van der Waals surface area contributed by atoms with E-state index in [2.05, 4.69) is 0 Å². The summed E-state index contributed by atoms with van der Waals surface area (Å²) in [6.45, 7) is 5.83. The molecule has 6 heteroatoms. The van der Waals surface area contributed by atoms with Gasteiger partial charge in [-0.15, -0.1) is 0 Å². The number of rotatable bonds is 2. The van der Waals surface area contributed by atoms with E-state index in [9.17, 15) is 8.42 Å². The molecular weight excluding hydrogens is 240 g/mol. The lowest BCUT2D eigenvalue weighted by Crippen LogP contribution is -2.42. The van der Waals surface area contributed by atoms with E-state index in [0.717, 1.165) is 0 Å². The summed E-state index contributed by atoms with van der Waals surface area (Å²) in [5.74, 6) is 0.588. The minimum atomic E-state index is -3.57. The van der Waals surface area contributed by atoms with Gasteiger partial charge in [-0.1, -0.05) is 0 Å². The van der Waals surface area contributed by atoms with Crippen LogP contribution in [0.1, 0.15) is 26.0 Å². The fourth-order valence-corrected chi connectivity index (χ4v) is 4.16. The number of furan rings is 1. The molecule has 0 bridgehead atoms. The highest BCUT2D eigenvalue weighted by Gasteiger charge is 2.45. The first-order valence-corrected chi connectivity index (χ1v) is 7.02. The van der Waals surface area contributed by atoms with E-state index in [1.165, 1.54) is 10.4 Å². The molecule has 0 aromatic carbocycles. The van der Waals surface area contributed by atoms with Crippen LogP contribution in [0, 0.1) is 6.92 Å². The van der Waals surface area contributed by atoms with E-state index in [1.807, 2.05) is 13.8 Å². The Morgan fingerprint density at radius 3 is 2.53 bits per heavy atom. The smallest absolute Gasteiger partial charge is 0.277 e. The Kier molecular flexibility index (Phi) is 2.84. The number of aryl methyl sites for hydroxylation is 1. The van der Waals surface area contributed by atoms with Crippen LogP contribution in [-0.2, 0) is 10.0 Å². The van der Waals surface area contributed by atoms with Crippen molar-refractivity contribution in [3.8, 4) is 0 Å². The Morgan fingerprint density at radius 2 is 2.12 bits per heavy atom. The number of nitrogens with zero attached hydrogens (tertiary/aromatic N) is 1. The highest BCUT2D eigenvalue weighted by molar-refractivity contribution is 7.89. The molecule has 1 saturated heterocycles. The molecule has 5 nitrogen and oxygen atoms in total. The minimum Gasteiger partial charge on any atom is -0.449 e. The lowest BCUT2D eigenvalue weighted by molar-refractivity contribution is 0.281. The van der Waals surface area contributed by atoms with E-state index in [-0.39, 0.29) is 11.1 Å². The number of hydrogen-bond acceptors (Lipinski definition) is 4. The quantitative estimate of drug-likeness (QED) is 0.861. The van der Waals surface area contributed by atoms with Gasteiger partial charge in [-0.2, -0.15) is 4.31 Å². The van der Waals surface area contributed by atoms with E-state index in [0.29, 0.717) is 18.7 Å². The predicted molar refractivity (Wildman–Crippen MR) is 64.0 cm³/mol. The summed E-state index contributed by atoms with van der Waals surface area (Å²) in [5.41, 5.74) is 5.38. The maximum Gasteiger partial charge on any atom is 0.277 e. The van der Waals surface area contributed by atoms with Crippen molar-refractivity contribution in [2.24, 2.45) is 5.73 Å². The molecule has 0 spiro atoms. The highest BCUT2D eigenvalue weighted by Crippen LogP contribution is 2.33. The van der Waals surface area contributed by atoms with Crippen molar-refractivity contribution in [2.45, 2.75) is 43.9 Å². The molecule has 0 aliphatic carbocycles. The predicted octanol–water partition coefficient (Wildman–Crippen LogP) is 1.09. The lowest BCUT2D eigenvalue weighted by Gasteiger charge is -2.29.